The fourth-order valence-corrected chi connectivity index (χ4v) is 1.57. The molecule has 0 saturated carbocycles. The van der Waals surface area contributed by atoms with Gasteiger partial charge in [-0.15, -0.1) is 0 Å². The van der Waals surface area contributed by atoms with Crippen LogP contribution in [0.3, 0.4) is 0 Å². The van der Waals surface area contributed by atoms with Crippen molar-refractivity contribution in [2.45, 2.75) is 19.4 Å². The number of hydrogen-bond acceptors (Lipinski definition) is 3. The standard InChI is InChI=1S/C14H21N3O2/c1-3-17(2)13(18)10-16-14(19)12(15)9-11-7-5-4-6-8-11/h4-8,12H,3,9-10,15H2,1-2H3,(H,16,19)/t12-/m0/s1. The first-order chi connectivity index (χ1) is 9.04. The van der Waals surface area contributed by atoms with Gasteiger partial charge in [0.15, 0.2) is 0 Å². The maximum Gasteiger partial charge on any atom is 0.241 e. The van der Waals surface area contributed by atoms with E-state index in [1.807, 2.05) is 37.3 Å². The van der Waals surface area contributed by atoms with E-state index in [1.165, 1.54) is 0 Å². The summed E-state index contributed by atoms with van der Waals surface area (Å²) in [5.41, 5.74) is 6.81. The molecule has 5 nitrogen and oxygen atoms in total. The predicted molar refractivity (Wildman–Crippen MR) is 74.4 cm³/mol. The van der Waals surface area contributed by atoms with Crippen molar-refractivity contribution >= 4 is 11.8 Å². The minimum absolute atomic E-state index is 0.00827. The van der Waals surface area contributed by atoms with E-state index in [4.69, 9.17) is 5.73 Å². The summed E-state index contributed by atoms with van der Waals surface area (Å²) in [4.78, 5) is 24.8. The molecule has 1 aromatic rings. The number of carbonyl (C=O) groups excluding carboxylic acids is 2. The van der Waals surface area contributed by atoms with Crippen LogP contribution in [0.5, 0.6) is 0 Å². The fraction of sp³-hybridized carbons (Fsp3) is 0.429. The Hall–Kier alpha value is -1.88. The van der Waals surface area contributed by atoms with Crippen molar-refractivity contribution in [3.63, 3.8) is 0 Å². The van der Waals surface area contributed by atoms with E-state index in [0.29, 0.717) is 13.0 Å². The minimum Gasteiger partial charge on any atom is -0.346 e. The molecule has 0 heterocycles. The number of nitrogens with zero attached hydrogens (tertiary/aromatic N) is 1. The summed E-state index contributed by atoms with van der Waals surface area (Å²) in [5, 5.41) is 2.56. The zero-order valence-corrected chi connectivity index (χ0v) is 11.4. The van der Waals surface area contributed by atoms with Crippen molar-refractivity contribution < 1.29 is 9.59 Å². The third kappa shape index (κ3) is 5.09. The number of amides is 2. The van der Waals surface area contributed by atoms with Crippen molar-refractivity contribution in [3.8, 4) is 0 Å². The van der Waals surface area contributed by atoms with Crippen molar-refractivity contribution in [2.75, 3.05) is 20.1 Å². The molecule has 0 unspecified atom stereocenters. The Balaban J connectivity index is 2.39. The summed E-state index contributed by atoms with van der Waals surface area (Å²) in [6, 6.07) is 8.92. The number of hydrogen-bond donors (Lipinski definition) is 2. The van der Waals surface area contributed by atoms with Gasteiger partial charge in [0.25, 0.3) is 0 Å². The second-order valence-corrected chi connectivity index (χ2v) is 4.42. The van der Waals surface area contributed by atoms with Gasteiger partial charge in [0, 0.05) is 13.6 Å². The molecule has 1 atom stereocenters. The lowest BCUT2D eigenvalue weighted by Crippen LogP contribution is -2.46. The Labute approximate surface area is 113 Å². The highest BCUT2D eigenvalue weighted by Gasteiger charge is 2.15. The van der Waals surface area contributed by atoms with Crippen molar-refractivity contribution in [1.29, 1.82) is 0 Å². The zero-order chi connectivity index (χ0) is 14.3. The van der Waals surface area contributed by atoms with Crippen LogP contribution >= 0.6 is 0 Å². The summed E-state index contributed by atoms with van der Waals surface area (Å²) in [7, 11) is 1.69. The molecule has 0 aliphatic heterocycles. The maximum atomic E-state index is 11.8. The molecule has 104 valence electrons. The highest BCUT2D eigenvalue weighted by atomic mass is 16.2. The molecule has 0 fully saturated rings. The van der Waals surface area contributed by atoms with Gasteiger partial charge in [-0.25, -0.2) is 0 Å². The van der Waals surface area contributed by atoms with Gasteiger partial charge in [-0.05, 0) is 18.9 Å². The first-order valence-electron chi connectivity index (χ1n) is 6.35. The van der Waals surface area contributed by atoms with Crippen molar-refractivity contribution in [3.05, 3.63) is 35.9 Å². The normalized spacial score (nSPS) is 11.7. The summed E-state index contributed by atoms with van der Waals surface area (Å²) in [5.74, 6) is -0.426. The number of nitrogens with two attached hydrogens (primary N) is 1. The van der Waals surface area contributed by atoms with Crippen LogP contribution in [-0.2, 0) is 16.0 Å². The van der Waals surface area contributed by atoms with Crippen molar-refractivity contribution in [1.82, 2.24) is 10.2 Å². The monoisotopic (exact) mass is 263 g/mol. The number of nitrogens with one attached hydrogen (secondary N) is 1. The summed E-state index contributed by atoms with van der Waals surface area (Å²) in [6.45, 7) is 2.48. The maximum absolute atomic E-state index is 11.8. The van der Waals surface area contributed by atoms with Crippen LogP contribution in [0, 0.1) is 0 Å². The molecule has 0 radical (unpaired) electrons. The van der Waals surface area contributed by atoms with Gasteiger partial charge in [0.05, 0.1) is 12.6 Å². The summed E-state index contributed by atoms with van der Waals surface area (Å²) < 4.78 is 0. The molecular formula is C14H21N3O2. The van der Waals surface area contributed by atoms with E-state index in [0.717, 1.165) is 5.56 Å². The van der Waals surface area contributed by atoms with E-state index in [1.54, 1.807) is 11.9 Å². The average molecular weight is 263 g/mol. The third-order valence-corrected chi connectivity index (χ3v) is 2.95. The lowest BCUT2D eigenvalue weighted by Gasteiger charge is -2.16. The van der Waals surface area contributed by atoms with Crippen LogP contribution < -0.4 is 11.1 Å². The number of benzene rings is 1. The largest absolute Gasteiger partial charge is 0.346 e. The van der Waals surface area contributed by atoms with Gasteiger partial charge in [0.2, 0.25) is 11.8 Å². The SMILES string of the molecule is CCN(C)C(=O)CNC(=O)[C@@H](N)Cc1ccccc1. The fourth-order valence-electron chi connectivity index (χ4n) is 1.57. The Morgan fingerprint density at radius 1 is 1.32 bits per heavy atom. The summed E-state index contributed by atoms with van der Waals surface area (Å²) in [6.07, 6.45) is 0.463. The van der Waals surface area contributed by atoms with E-state index in [9.17, 15) is 9.59 Å². The molecular weight excluding hydrogens is 242 g/mol. The zero-order valence-electron chi connectivity index (χ0n) is 11.4. The van der Waals surface area contributed by atoms with Crippen LogP contribution in [0.15, 0.2) is 30.3 Å². The minimum atomic E-state index is -0.637. The molecule has 1 aromatic carbocycles. The lowest BCUT2D eigenvalue weighted by molar-refractivity contribution is -0.132. The van der Waals surface area contributed by atoms with Gasteiger partial charge in [-0.2, -0.15) is 0 Å². The Morgan fingerprint density at radius 3 is 2.53 bits per heavy atom. The molecule has 5 heteroatoms. The number of carbonyl (C=O) groups is 2. The second kappa shape index (κ2) is 7.53. The van der Waals surface area contributed by atoms with Gasteiger partial charge in [0.1, 0.15) is 0 Å². The van der Waals surface area contributed by atoms with E-state index < -0.39 is 6.04 Å². The predicted octanol–water partition coefficient (Wildman–Crippen LogP) is 0.151. The van der Waals surface area contributed by atoms with Gasteiger partial charge < -0.3 is 16.0 Å². The average Bonchev–Trinajstić information content (AvgIpc) is 2.44. The topological polar surface area (TPSA) is 75.4 Å². The van der Waals surface area contributed by atoms with Crippen LogP contribution in [0.25, 0.3) is 0 Å². The van der Waals surface area contributed by atoms with E-state index in [-0.39, 0.29) is 18.4 Å². The molecule has 1 rings (SSSR count). The molecule has 3 N–H and O–H groups in total. The lowest BCUT2D eigenvalue weighted by atomic mass is 10.1. The number of likely N-dealkylation sites (N-methyl/N-ethyl adjacent to an activating group) is 1. The molecule has 0 saturated heterocycles. The van der Waals surface area contributed by atoms with Gasteiger partial charge >= 0.3 is 0 Å². The first kappa shape index (κ1) is 15.2. The highest BCUT2D eigenvalue weighted by molar-refractivity contribution is 5.87. The Bertz CT molecular complexity index is 420. The smallest absolute Gasteiger partial charge is 0.241 e. The van der Waals surface area contributed by atoms with Crippen LogP contribution in [0.1, 0.15) is 12.5 Å². The molecule has 0 spiro atoms. The molecule has 0 aliphatic carbocycles. The quantitative estimate of drug-likeness (QED) is 0.767. The third-order valence-electron chi connectivity index (χ3n) is 2.95. The first-order valence-corrected chi connectivity index (χ1v) is 6.35. The molecule has 19 heavy (non-hydrogen) atoms. The molecule has 0 aromatic heterocycles. The highest BCUT2D eigenvalue weighted by Crippen LogP contribution is 2.01. The van der Waals surface area contributed by atoms with E-state index >= 15 is 0 Å². The van der Waals surface area contributed by atoms with Gasteiger partial charge in [-0.1, -0.05) is 30.3 Å². The van der Waals surface area contributed by atoms with Crippen LogP contribution in [-0.4, -0.2) is 42.9 Å². The van der Waals surface area contributed by atoms with E-state index in [2.05, 4.69) is 5.32 Å². The van der Waals surface area contributed by atoms with Crippen LogP contribution in [0.4, 0.5) is 0 Å². The molecule has 0 bridgehead atoms. The molecule has 0 aliphatic rings. The Kier molecular flexibility index (Phi) is 6.02. The summed E-state index contributed by atoms with van der Waals surface area (Å²) >= 11 is 0. The second-order valence-electron chi connectivity index (χ2n) is 4.42. The molecule has 2 amide bonds. The van der Waals surface area contributed by atoms with Crippen LogP contribution in [0.2, 0.25) is 0 Å². The van der Waals surface area contributed by atoms with Gasteiger partial charge in [-0.3, -0.25) is 9.59 Å². The Morgan fingerprint density at radius 2 is 1.95 bits per heavy atom. The van der Waals surface area contributed by atoms with Crippen molar-refractivity contribution in [2.24, 2.45) is 5.73 Å². The number of rotatable bonds is 6.